The Labute approximate surface area is 201 Å². The smallest absolute Gasteiger partial charge is 0.246 e. The van der Waals surface area contributed by atoms with Gasteiger partial charge in [-0.25, -0.2) is 4.39 Å². The van der Waals surface area contributed by atoms with E-state index < -0.39 is 5.82 Å². The van der Waals surface area contributed by atoms with E-state index in [-0.39, 0.29) is 16.8 Å². The molecule has 3 rings (SSSR count). The maximum absolute atomic E-state index is 13.3. The summed E-state index contributed by atoms with van der Waals surface area (Å²) in [7, 11) is 1.77. The van der Waals surface area contributed by atoms with Gasteiger partial charge in [-0.1, -0.05) is 17.7 Å². The molecule has 1 atom stereocenters. The van der Waals surface area contributed by atoms with Gasteiger partial charge in [-0.15, -0.1) is 0 Å². The SMILES string of the molecule is COCC1CCCN(CCCCN2CCN(C(=O)/C=C/c3ccc(F)c(Cl)c3)CCC2=O)C1. The molecular formula is C25H35ClFN3O3. The van der Waals surface area contributed by atoms with Crippen LogP contribution in [0.1, 0.15) is 37.7 Å². The molecular weight excluding hydrogens is 445 g/mol. The lowest BCUT2D eigenvalue weighted by Crippen LogP contribution is -2.38. The van der Waals surface area contributed by atoms with Crippen LogP contribution in [0.25, 0.3) is 6.08 Å². The highest BCUT2D eigenvalue weighted by atomic mass is 35.5. The first-order chi connectivity index (χ1) is 16.0. The molecule has 0 radical (unpaired) electrons. The maximum Gasteiger partial charge on any atom is 0.246 e. The molecule has 0 aromatic heterocycles. The highest BCUT2D eigenvalue weighted by molar-refractivity contribution is 6.30. The normalized spacial score (nSPS) is 20.5. The van der Waals surface area contributed by atoms with Crippen molar-refractivity contribution in [1.29, 1.82) is 0 Å². The summed E-state index contributed by atoms with van der Waals surface area (Å²) in [5, 5.41) is 0.0238. The number of halogens is 2. The average molecular weight is 480 g/mol. The fourth-order valence-corrected chi connectivity index (χ4v) is 4.77. The lowest BCUT2D eigenvalue weighted by Gasteiger charge is -2.32. The second kappa shape index (κ2) is 13.1. The molecule has 0 saturated carbocycles. The summed E-state index contributed by atoms with van der Waals surface area (Å²) >= 11 is 5.79. The van der Waals surface area contributed by atoms with E-state index in [9.17, 15) is 14.0 Å². The Hall–Kier alpha value is -1.96. The fourth-order valence-electron chi connectivity index (χ4n) is 4.58. The van der Waals surface area contributed by atoms with Gasteiger partial charge < -0.3 is 19.4 Å². The second-order valence-corrected chi connectivity index (χ2v) is 9.34. The molecule has 2 aliphatic heterocycles. The molecule has 0 spiro atoms. The third-order valence-corrected chi connectivity index (χ3v) is 6.71. The van der Waals surface area contributed by atoms with Crippen molar-refractivity contribution < 1.29 is 18.7 Å². The number of carbonyl (C=O) groups excluding carboxylic acids is 2. The van der Waals surface area contributed by atoms with Crippen molar-refractivity contribution in [1.82, 2.24) is 14.7 Å². The van der Waals surface area contributed by atoms with Crippen LogP contribution in [-0.2, 0) is 14.3 Å². The minimum atomic E-state index is -0.488. The van der Waals surface area contributed by atoms with Gasteiger partial charge in [-0.3, -0.25) is 9.59 Å². The highest BCUT2D eigenvalue weighted by Crippen LogP contribution is 2.18. The van der Waals surface area contributed by atoms with Gasteiger partial charge in [-0.2, -0.15) is 0 Å². The van der Waals surface area contributed by atoms with Gasteiger partial charge in [0.15, 0.2) is 0 Å². The largest absolute Gasteiger partial charge is 0.384 e. The molecule has 2 amide bonds. The van der Waals surface area contributed by atoms with Crippen LogP contribution in [0, 0.1) is 11.7 Å². The van der Waals surface area contributed by atoms with Crippen LogP contribution in [-0.4, -0.2) is 86.0 Å². The monoisotopic (exact) mass is 479 g/mol. The van der Waals surface area contributed by atoms with Gasteiger partial charge in [0.2, 0.25) is 11.8 Å². The van der Waals surface area contributed by atoms with Gasteiger partial charge in [0, 0.05) is 52.3 Å². The summed E-state index contributed by atoms with van der Waals surface area (Å²) in [5.41, 5.74) is 0.657. The Kier molecular flexibility index (Phi) is 10.2. The standard InChI is InChI=1S/C25H35ClFN3O3/c1-33-19-21-5-4-12-28(18-21)11-2-3-13-29-15-16-30(14-10-25(29)32)24(31)9-7-20-6-8-23(27)22(26)17-20/h6-9,17,21H,2-5,10-16,18-19H2,1H3/b9-7+. The molecule has 0 N–H and O–H groups in total. The van der Waals surface area contributed by atoms with Crippen molar-refractivity contribution in [3.8, 4) is 0 Å². The molecule has 182 valence electrons. The highest BCUT2D eigenvalue weighted by Gasteiger charge is 2.23. The number of benzene rings is 1. The summed E-state index contributed by atoms with van der Waals surface area (Å²) in [6, 6.07) is 4.33. The number of amides is 2. The number of hydrogen-bond acceptors (Lipinski definition) is 4. The minimum absolute atomic E-state index is 0.0238. The Morgan fingerprint density at radius 2 is 2.03 bits per heavy atom. The first-order valence-corrected chi connectivity index (χ1v) is 12.2. The summed E-state index contributed by atoms with van der Waals surface area (Å²) < 4.78 is 18.6. The van der Waals surface area contributed by atoms with Crippen molar-refractivity contribution in [3.63, 3.8) is 0 Å². The topological polar surface area (TPSA) is 53.1 Å². The van der Waals surface area contributed by atoms with E-state index in [4.69, 9.17) is 16.3 Å². The number of likely N-dealkylation sites (tertiary alicyclic amines) is 1. The van der Waals surface area contributed by atoms with Crippen LogP contribution in [0.5, 0.6) is 0 Å². The third kappa shape index (κ3) is 8.09. The molecule has 2 saturated heterocycles. The van der Waals surface area contributed by atoms with Crippen molar-refractivity contribution in [2.24, 2.45) is 5.92 Å². The predicted molar refractivity (Wildman–Crippen MR) is 128 cm³/mol. The van der Waals surface area contributed by atoms with Crippen molar-refractivity contribution in [2.45, 2.75) is 32.1 Å². The molecule has 6 nitrogen and oxygen atoms in total. The number of ether oxygens (including phenoxy) is 1. The minimum Gasteiger partial charge on any atom is -0.384 e. The molecule has 2 aliphatic rings. The van der Waals surface area contributed by atoms with Crippen LogP contribution in [0.4, 0.5) is 4.39 Å². The zero-order chi connectivity index (χ0) is 23.6. The number of methoxy groups -OCH3 is 1. The van der Waals surface area contributed by atoms with Crippen molar-refractivity contribution >= 4 is 29.5 Å². The molecule has 1 unspecified atom stereocenters. The first kappa shape index (κ1) is 25.7. The Morgan fingerprint density at radius 1 is 1.21 bits per heavy atom. The molecule has 1 aromatic rings. The molecule has 2 heterocycles. The van der Waals surface area contributed by atoms with E-state index >= 15 is 0 Å². The molecule has 33 heavy (non-hydrogen) atoms. The first-order valence-electron chi connectivity index (χ1n) is 11.9. The van der Waals surface area contributed by atoms with E-state index in [1.165, 1.54) is 31.1 Å². The Morgan fingerprint density at radius 3 is 2.82 bits per heavy atom. The Bertz CT molecular complexity index is 833. The van der Waals surface area contributed by atoms with Gasteiger partial charge in [0.25, 0.3) is 0 Å². The lowest BCUT2D eigenvalue weighted by atomic mass is 9.99. The third-order valence-electron chi connectivity index (χ3n) is 6.42. The van der Waals surface area contributed by atoms with Gasteiger partial charge in [-0.05, 0) is 68.5 Å². The molecule has 1 aromatic carbocycles. The zero-order valence-electron chi connectivity index (χ0n) is 19.5. The summed E-state index contributed by atoms with van der Waals surface area (Å²) in [5.74, 6) is 0.101. The van der Waals surface area contributed by atoms with Crippen molar-refractivity contribution in [2.75, 3.05) is 59.5 Å². The van der Waals surface area contributed by atoms with E-state index in [0.29, 0.717) is 37.5 Å². The number of nitrogens with zero attached hydrogens (tertiary/aromatic N) is 3. The van der Waals surface area contributed by atoms with Crippen LogP contribution in [0.3, 0.4) is 0 Å². The van der Waals surface area contributed by atoms with Gasteiger partial charge in [0.05, 0.1) is 11.6 Å². The van der Waals surface area contributed by atoms with E-state index in [1.807, 2.05) is 4.90 Å². The summed E-state index contributed by atoms with van der Waals surface area (Å²) in [6.07, 6.45) is 7.92. The van der Waals surface area contributed by atoms with Gasteiger partial charge >= 0.3 is 0 Å². The second-order valence-electron chi connectivity index (χ2n) is 8.93. The average Bonchev–Trinajstić information content (AvgIpc) is 2.99. The summed E-state index contributed by atoms with van der Waals surface area (Å²) in [6.45, 7) is 6.37. The quantitative estimate of drug-likeness (QED) is 0.400. The number of carbonyl (C=O) groups is 2. The van der Waals surface area contributed by atoms with Crippen molar-refractivity contribution in [3.05, 3.63) is 40.7 Å². The van der Waals surface area contributed by atoms with Crippen LogP contribution in [0.15, 0.2) is 24.3 Å². The number of unbranched alkanes of at least 4 members (excludes halogenated alkanes) is 1. The van der Waals surface area contributed by atoms with Gasteiger partial charge in [0.1, 0.15) is 5.82 Å². The number of hydrogen-bond donors (Lipinski definition) is 0. The zero-order valence-corrected chi connectivity index (χ0v) is 20.2. The van der Waals surface area contributed by atoms with Crippen LogP contribution in [0.2, 0.25) is 5.02 Å². The predicted octanol–water partition coefficient (Wildman–Crippen LogP) is 3.69. The van der Waals surface area contributed by atoms with E-state index in [1.54, 1.807) is 24.2 Å². The van der Waals surface area contributed by atoms with E-state index in [0.717, 1.165) is 45.6 Å². The molecule has 0 bridgehead atoms. The Balaban J connectivity index is 1.40. The molecule has 8 heteroatoms. The fraction of sp³-hybridized carbons (Fsp3) is 0.600. The van der Waals surface area contributed by atoms with Crippen LogP contribution < -0.4 is 0 Å². The molecule has 2 fully saturated rings. The number of piperidine rings is 1. The maximum atomic E-state index is 13.3. The lowest BCUT2D eigenvalue weighted by molar-refractivity contribution is -0.130. The van der Waals surface area contributed by atoms with E-state index in [2.05, 4.69) is 4.90 Å². The number of rotatable bonds is 9. The molecule has 0 aliphatic carbocycles. The van der Waals surface area contributed by atoms with Crippen LogP contribution >= 0.6 is 11.6 Å². The summed E-state index contributed by atoms with van der Waals surface area (Å²) in [4.78, 5) is 31.2.